The number of anilines is 1. The molecule has 0 aromatic carbocycles. The van der Waals surface area contributed by atoms with Crippen LogP contribution in [0.3, 0.4) is 0 Å². The number of carbonyl (C=O) groups excluding carboxylic acids is 1. The summed E-state index contributed by atoms with van der Waals surface area (Å²) in [5, 5.41) is 4.41. The fourth-order valence-electron chi connectivity index (χ4n) is 3.03. The minimum Gasteiger partial charge on any atom is -0.384 e. The van der Waals surface area contributed by atoms with Gasteiger partial charge in [-0.2, -0.15) is 5.10 Å². The van der Waals surface area contributed by atoms with E-state index in [0.717, 1.165) is 13.1 Å². The molecule has 20 heavy (non-hydrogen) atoms. The first-order valence-electron chi connectivity index (χ1n) is 7.33. The first-order valence-corrected chi connectivity index (χ1v) is 7.33. The van der Waals surface area contributed by atoms with E-state index in [2.05, 4.69) is 18.9 Å². The van der Waals surface area contributed by atoms with Crippen LogP contribution in [0.1, 0.15) is 51.5 Å². The molecule has 0 radical (unpaired) electrons. The van der Waals surface area contributed by atoms with Crippen LogP contribution in [-0.4, -0.2) is 33.7 Å². The van der Waals surface area contributed by atoms with Crippen molar-refractivity contribution in [3.05, 3.63) is 11.8 Å². The average molecular weight is 278 g/mol. The maximum Gasteiger partial charge on any atom is 0.274 e. The number of carbonyl (C=O) groups is 1. The van der Waals surface area contributed by atoms with Crippen LogP contribution < -0.4 is 5.73 Å². The summed E-state index contributed by atoms with van der Waals surface area (Å²) in [7, 11) is 0. The Labute approximate surface area is 121 Å². The van der Waals surface area contributed by atoms with Gasteiger partial charge in [-0.25, -0.2) is 4.68 Å². The molecule has 2 rings (SSSR count). The van der Waals surface area contributed by atoms with E-state index in [0.29, 0.717) is 23.3 Å². The second kappa shape index (κ2) is 5.11. The Morgan fingerprint density at radius 3 is 2.30 bits per heavy atom. The number of hydrogen-bond acceptors (Lipinski definition) is 3. The maximum atomic E-state index is 12.6. The van der Waals surface area contributed by atoms with Crippen LogP contribution in [0.5, 0.6) is 0 Å². The third-order valence-corrected chi connectivity index (χ3v) is 3.75. The van der Waals surface area contributed by atoms with Gasteiger partial charge >= 0.3 is 0 Å². The summed E-state index contributed by atoms with van der Waals surface area (Å²) in [6.45, 7) is 12.1. The molecule has 0 spiro atoms. The highest BCUT2D eigenvalue weighted by Gasteiger charge is 2.29. The van der Waals surface area contributed by atoms with Gasteiger partial charge in [0.2, 0.25) is 0 Å². The summed E-state index contributed by atoms with van der Waals surface area (Å²) in [5.74, 6) is 1.63. The lowest BCUT2D eigenvalue weighted by Crippen LogP contribution is -2.42. The van der Waals surface area contributed by atoms with Gasteiger partial charge in [0.25, 0.3) is 5.91 Å². The predicted octanol–water partition coefficient (Wildman–Crippen LogP) is 2.34. The third kappa shape index (κ3) is 2.97. The molecule has 0 saturated carbocycles. The molecule has 1 aliphatic rings. The van der Waals surface area contributed by atoms with Gasteiger partial charge < -0.3 is 10.6 Å². The number of nitrogens with zero attached hydrogens (tertiary/aromatic N) is 3. The largest absolute Gasteiger partial charge is 0.384 e. The Balaban J connectivity index is 2.21. The van der Waals surface area contributed by atoms with Crippen molar-refractivity contribution in [1.29, 1.82) is 0 Å². The molecule has 5 nitrogen and oxygen atoms in total. The summed E-state index contributed by atoms with van der Waals surface area (Å²) in [6, 6.07) is 1.69. The molecule has 1 saturated heterocycles. The van der Waals surface area contributed by atoms with Crippen LogP contribution in [0.2, 0.25) is 0 Å². The number of piperidine rings is 1. The van der Waals surface area contributed by atoms with Gasteiger partial charge in [-0.15, -0.1) is 0 Å². The van der Waals surface area contributed by atoms with Gasteiger partial charge in [-0.3, -0.25) is 4.79 Å². The highest BCUT2D eigenvalue weighted by molar-refractivity contribution is 5.93. The molecular formula is C15H26N4O. The Morgan fingerprint density at radius 2 is 1.85 bits per heavy atom. The first-order chi connectivity index (χ1) is 9.18. The predicted molar refractivity (Wildman–Crippen MR) is 80.5 cm³/mol. The van der Waals surface area contributed by atoms with Gasteiger partial charge in [0.1, 0.15) is 5.82 Å². The van der Waals surface area contributed by atoms with E-state index in [1.165, 1.54) is 6.42 Å². The minimum absolute atomic E-state index is 0.00176. The molecule has 0 bridgehead atoms. The van der Waals surface area contributed by atoms with Crippen LogP contribution in [0.15, 0.2) is 6.07 Å². The lowest BCUT2D eigenvalue weighted by atomic mass is 9.92. The van der Waals surface area contributed by atoms with Crippen LogP contribution in [0.25, 0.3) is 0 Å². The van der Waals surface area contributed by atoms with Gasteiger partial charge in [-0.05, 0) is 39.0 Å². The van der Waals surface area contributed by atoms with E-state index in [-0.39, 0.29) is 11.4 Å². The molecule has 1 amide bonds. The number of likely N-dealkylation sites (tertiary alicyclic amines) is 1. The van der Waals surface area contributed by atoms with Crippen molar-refractivity contribution in [2.24, 2.45) is 11.8 Å². The molecule has 2 atom stereocenters. The topological polar surface area (TPSA) is 64.2 Å². The van der Waals surface area contributed by atoms with Crippen LogP contribution in [-0.2, 0) is 5.54 Å². The maximum absolute atomic E-state index is 12.6. The van der Waals surface area contributed by atoms with Crippen molar-refractivity contribution < 1.29 is 4.79 Å². The Bertz CT molecular complexity index is 490. The first kappa shape index (κ1) is 14.9. The fourth-order valence-corrected chi connectivity index (χ4v) is 3.03. The summed E-state index contributed by atoms with van der Waals surface area (Å²) in [4.78, 5) is 14.5. The number of amides is 1. The summed E-state index contributed by atoms with van der Waals surface area (Å²) in [6.07, 6.45) is 1.18. The zero-order valence-electron chi connectivity index (χ0n) is 13.2. The van der Waals surface area contributed by atoms with Crippen LogP contribution >= 0.6 is 0 Å². The fraction of sp³-hybridized carbons (Fsp3) is 0.733. The van der Waals surface area contributed by atoms with Gasteiger partial charge in [0.15, 0.2) is 5.69 Å². The summed E-state index contributed by atoms with van der Waals surface area (Å²) >= 11 is 0. The average Bonchev–Trinajstić information content (AvgIpc) is 2.68. The Morgan fingerprint density at radius 1 is 1.30 bits per heavy atom. The molecule has 5 heteroatoms. The SMILES string of the molecule is CC1CC(C)CN(C(=O)c2cc(N)n(C(C)(C)C)n2)C1. The molecule has 1 aromatic heterocycles. The molecular weight excluding hydrogens is 252 g/mol. The normalized spacial score (nSPS) is 23.9. The molecule has 1 aliphatic heterocycles. The van der Waals surface area contributed by atoms with Crippen molar-refractivity contribution in [1.82, 2.24) is 14.7 Å². The molecule has 2 unspecified atom stereocenters. The standard InChI is InChI=1S/C15H26N4O/c1-10-6-11(2)9-18(8-10)14(20)12-7-13(16)19(17-12)15(3,4)5/h7,10-11H,6,8-9,16H2,1-5H3. The lowest BCUT2D eigenvalue weighted by molar-refractivity contribution is 0.0615. The second-order valence-corrected chi connectivity index (χ2v) is 7.19. The quantitative estimate of drug-likeness (QED) is 0.857. The molecule has 2 heterocycles. The lowest BCUT2D eigenvalue weighted by Gasteiger charge is -2.34. The smallest absolute Gasteiger partial charge is 0.274 e. The summed E-state index contributed by atoms with van der Waals surface area (Å²) in [5.41, 5.74) is 6.22. The minimum atomic E-state index is -0.217. The van der Waals surface area contributed by atoms with Crippen molar-refractivity contribution in [2.45, 2.75) is 46.6 Å². The molecule has 112 valence electrons. The molecule has 1 fully saturated rings. The zero-order valence-corrected chi connectivity index (χ0v) is 13.2. The molecule has 1 aromatic rings. The van der Waals surface area contributed by atoms with Crippen molar-refractivity contribution >= 4 is 11.7 Å². The monoisotopic (exact) mass is 278 g/mol. The second-order valence-electron chi connectivity index (χ2n) is 7.19. The highest BCUT2D eigenvalue weighted by Crippen LogP contribution is 2.24. The summed E-state index contributed by atoms with van der Waals surface area (Å²) < 4.78 is 1.72. The molecule has 2 N–H and O–H groups in total. The van der Waals surface area contributed by atoms with Gasteiger partial charge in [-0.1, -0.05) is 13.8 Å². The van der Waals surface area contributed by atoms with Crippen molar-refractivity contribution in [3.63, 3.8) is 0 Å². The van der Waals surface area contributed by atoms with Crippen molar-refractivity contribution in [3.8, 4) is 0 Å². The Hall–Kier alpha value is -1.52. The number of nitrogens with two attached hydrogens (primary N) is 1. The van der Waals surface area contributed by atoms with Crippen molar-refractivity contribution in [2.75, 3.05) is 18.8 Å². The number of nitrogen functional groups attached to an aromatic ring is 1. The third-order valence-electron chi connectivity index (χ3n) is 3.75. The van der Waals surface area contributed by atoms with Crippen LogP contribution in [0.4, 0.5) is 5.82 Å². The van der Waals surface area contributed by atoms with E-state index >= 15 is 0 Å². The number of rotatable bonds is 1. The van der Waals surface area contributed by atoms with Gasteiger partial charge in [0.05, 0.1) is 5.54 Å². The van der Waals surface area contributed by atoms with E-state index in [4.69, 9.17) is 5.73 Å². The van der Waals surface area contributed by atoms with Crippen LogP contribution in [0, 0.1) is 11.8 Å². The van der Waals surface area contributed by atoms with E-state index < -0.39 is 0 Å². The van der Waals surface area contributed by atoms with E-state index in [9.17, 15) is 4.79 Å². The number of aromatic nitrogens is 2. The molecule has 0 aliphatic carbocycles. The Kier molecular flexibility index (Phi) is 3.80. The highest BCUT2D eigenvalue weighted by atomic mass is 16.2. The van der Waals surface area contributed by atoms with E-state index in [1.807, 2.05) is 25.7 Å². The number of hydrogen-bond donors (Lipinski definition) is 1. The zero-order chi connectivity index (χ0) is 15.1. The van der Waals surface area contributed by atoms with E-state index in [1.54, 1.807) is 10.7 Å². The van der Waals surface area contributed by atoms with Gasteiger partial charge in [0, 0.05) is 19.2 Å².